The minimum absolute atomic E-state index is 0.774. The van der Waals surface area contributed by atoms with E-state index in [-0.39, 0.29) is 0 Å². The molecule has 0 aromatic carbocycles. The van der Waals surface area contributed by atoms with Crippen molar-refractivity contribution in [1.82, 2.24) is 19.7 Å². The number of aromatic nitrogens is 4. The molecule has 0 aliphatic heterocycles. The van der Waals surface area contributed by atoms with Gasteiger partial charge in [-0.3, -0.25) is 9.55 Å². The van der Waals surface area contributed by atoms with Gasteiger partial charge in [-0.2, -0.15) is 0 Å². The first-order chi connectivity index (χ1) is 8.27. The Hall–Kier alpha value is -1.43. The highest BCUT2D eigenvalue weighted by Gasteiger charge is 2.15. The quantitative estimate of drug-likeness (QED) is 0.942. The molecule has 0 amide bonds. The van der Waals surface area contributed by atoms with Crippen LogP contribution in [0.15, 0.2) is 22.8 Å². The van der Waals surface area contributed by atoms with Gasteiger partial charge in [0.2, 0.25) is 5.95 Å². The largest absolute Gasteiger partial charge is 0.355 e. The average Bonchev–Trinajstić information content (AvgIpc) is 2.73. The number of nitrogens with zero attached hydrogens (tertiary/aromatic N) is 4. The lowest BCUT2D eigenvalue weighted by atomic mass is 10.3. The van der Waals surface area contributed by atoms with E-state index in [2.05, 4.69) is 43.4 Å². The summed E-state index contributed by atoms with van der Waals surface area (Å²) in [5, 5.41) is 11.5. The van der Waals surface area contributed by atoms with E-state index in [1.807, 2.05) is 23.6 Å². The first-order valence-corrected chi connectivity index (χ1v) is 6.35. The van der Waals surface area contributed by atoms with Crippen molar-refractivity contribution in [3.8, 4) is 11.5 Å². The molecular weight excluding hydrogens is 282 g/mol. The molecule has 0 atom stereocenters. The van der Waals surface area contributed by atoms with Gasteiger partial charge in [-0.05, 0) is 41.9 Å². The summed E-state index contributed by atoms with van der Waals surface area (Å²) >= 11 is 3.48. The van der Waals surface area contributed by atoms with Crippen molar-refractivity contribution in [2.45, 2.75) is 20.4 Å². The maximum atomic E-state index is 4.33. The molecule has 1 N–H and O–H groups in total. The van der Waals surface area contributed by atoms with Gasteiger partial charge in [0.1, 0.15) is 5.69 Å². The Kier molecular flexibility index (Phi) is 3.73. The van der Waals surface area contributed by atoms with E-state index in [1.54, 1.807) is 6.20 Å². The molecular formula is C11H14BrN5. The fraction of sp³-hybridized carbons (Fsp3) is 0.364. The second-order valence-electron chi connectivity index (χ2n) is 3.46. The lowest BCUT2D eigenvalue weighted by molar-refractivity contribution is 0.767. The lowest BCUT2D eigenvalue weighted by Gasteiger charge is -2.08. The van der Waals surface area contributed by atoms with Crippen LogP contribution in [0.3, 0.4) is 0 Å². The smallest absolute Gasteiger partial charge is 0.224 e. The van der Waals surface area contributed by atoms with E-state index in [0.717, 1.165) is 35.0 Å². The minimum atomic E-state index is 0.774. The fourth-order valence-electron chi connectivity index (χ4n) is 1.62. The molecule has 17 heavy (non-hydrogen) atoms. The second kappa shape index (κ2) is 5.27. The van der Waals surface area contributed by atoms with Crippen molar-refractivity contribution in [1.29, 1.82) is 0 Å². The van der Waals surface area contributed by atoms with Gasteiger partial charge in [0.25, 0.3) is 0 Å². The molecule has 0 radical (unpaired) electrons. The normalized spacial score (nSPS) is 10.5. The first kappa shape index (κ1) is 12.0. The van der Waals surface area contributed by atoms with Crippen LogP contribution in [0.25, 0.3) is 11.5 Å². The van der Waals surface area contributed by atoms with Crippen molar-refractivity contribution in [2.75, 3.05) is 11.9 Å². The Balaban J connectivity index is 2.49. The lowest BCUT2D eigenvalue weighted by Crippen LogP contribution is -2.07. The summed E-state index contributed by atoms with van der Waals surface area (Å²) in [6.45, 7) is 5.71. The van der Waals surface area contributed by atoms with Crippen molar-refractivity contribution < 1.29 is 0 Å². The molecule has 2 rings (SSSR count). The number of rotatable bonds is 4. The zero-order valence-electron chi connectivity index (χ0n) is 9.81. The first-order valence-electron chi connectivity index (χ1n) is 5.55. The SMILES string of the molecule is CCNc1nnc(-c2ncccc2Br)n1CC. The molecule has 0 fully saturated rings. The summed E-state index contributed by atoms with van der Waals surface area (Å²) in [6, 6.07) is 3.83. The third-order valence-electron chi connectivity index (χ3n) is 2.37. The summed E-state index contributed by atoms with van der Waals surface area (Å²) in [4.78, 5) is 4.33. The molecule has 0 spiro atoms. The van der Waals surface area contributed by atoms with Crippen molar-refractivity contribution in [3.63, 3.8) is 0 Å². The predicted octanol–water partition coefficient (Wildman–Crippen LogP) is 2.55. The van der Waals surface area contributed by atoms with Crippen LogP contribution in [0.4, 0.5) is 5.95 Å². The van der Waals surface area contributed by atoms with Gasteiger partial charge in [-0.1, -0.05) is 0 Å². The van der Waals surface area contributed by atoms with Crippen LogP contribution in [0, 0.1) is 0 Å². The van der Waals surface area contributed by atoms with Gasteiger partial charge >= 0.3 is 0 Å². The standard InChI is InChI=1S/C11H14BrN5/c1-3-13-11-16-15-10(17(11)4-2)9-8(12)6-5-7-14-9/h5-7H,3-4H2,1-2H3,(H,13,16). The fourth-order valence-corrected chi connectivity index (χ4v) is 2.05. The monoisotopic (exact) mass is 295 g/mol. The highest BCUT2D eigenvalue weighted by atomic mass is 79.9. The number of pyridine rings is 1. The number of nitrogens with one attached hydrogen (secondary N) is 1. The molecule has 2 aromatic rings. The molecule has 6 heteroatoms. The van der Waals surface area contributed by atoms with Gasteiger partial charge in [-0.25, -0.2) is 0 Å². The summed E-state index contributed by atoms with van der Waals surface area (Å²) in [7, 11) is 0. The van der Waals surface area contributed by atoms with Crippen molar-refractivity contribution >= 4 is 21.9 Å². The van der Waals surface area contributed by atoms with Crippen LogP contribution in [0.5, 0.6) is 0 Å². The molecule has 0 saturated carbocycles. The second-order valence-corrected chi connectivity index (χ2v) is 4.31. The maximum absolute atomic E-state index is 4.33. The summed E-state index contributed by atoms with van der Waals surface area (Å²) in [5.41, 5.74) is 0.811. The van der Waals surface area contributed by atoms with Crippen molar-refractivity contribution in [2.24, 2.45) is 0 Å². The zero-order valence-corrected chi connectivity index (χ0v) is 11.4. The third kappa shape index (κ3) is 2.31. The molecule has 0 saturated heterocycles. The Morgan fingerprint density at radius 3 is 2.82 bits per heavy atom. The molecule has 2 heterocycles. The Morgan fingerprint density at radius 1 is 1.35 bits per heavy atom. The Bertz CT molecular complexity index is 508. The molecule has 5 nitrogen and oxygen atoms in total. The van der Waals surface area contributed by atoms with Gasteiger partial charge < -0.3 is 5.32 Å². The third-order valence-corrected chi connectivity index (χ3v) is 3.01. The van der Waals surface area contributed by atoms with Gasteiger partial charge in [-0.15, -0.1) is 10.2 Å². The van der Waals surface area contributed by atoms with E-state index in [0.29, 0.717) is 0 Å². The zero-order chi connectivity index (χ0) is 12.3. The Morgan fingerprint density at radius 2 is 2.18 bits per heavy atom. The van der Waals surface area contributed by atoms with Crippen LogP contribution in [-0.2, 0) is 6.54 Å². The molecule has 0 aliphatic rings. The van der Waals surface area contributed by atoms with E-state index in [4.69, 9.17) is 0 Å². The number of halogens is 1. The van der Waals surface area contributed by atoms with Gasteiger partial charge in [0, 0.05) is 23.8 Å². The summed E-state index contributed by atoms with van der Waals surface area (Å²) in [5.74, 6) is 1.55. The molecule has 0 unspecified atom stereocenters. The summed E-state index contributed by atoms with van der Waals surface area (Å²) in [6.07, 6.45) is 1.75. The van der Waals surface area contributed by atoms with E-state index >= 15 is 0 Å². The molecule has 0 aliphatic carbocycles. The van der Waals surface area contributed by atoms with Crippen LogP contribution in [-0.4, -0.2) is 26.3 Å². The topological polar surface area (TPSA) is 55.6 Å². The minimum Gasteiger partial charge on any atom is -0.355 e. The van der Waals surface area contributed by atoms with Crippen LogP contribution < -0.4 is 5.32 Å². The van der Waals surface area contributed by atoms with E-state index in [9.17, 15) is 0 Å². The van der Waals surface area contributed by atoms with Gasteiger partial charge in [0.05, 0.1) is 0 Å². The van der Waals surface area contributed by atoms with Crippen LogP contribution >= 0.6 is 15.9 Å². The predicted molar refractivity (Wildman–Crippen MR) is 70.8 cm³/mol. The van der Waals surface area contributed by atoms with Crippen LogP contribution in [0.2, 0.25) is 0 Å². The Labute approximate surface area is 108 Å². The molecule has 0 bridgehead atoms. The number of hydrogen-bond acceptors (Lipinski definition) is 4. The maximum Gasteiger partial charge on any atom is 0.224 e. The molecule has 2 aromatic heterocycles. The van der Waals surface area contributed by atoms with E-state index in [1.165, 1.54) is 0 Å². The number of anilines is 1. The highest BCUT2D eigenvalue weighted by molar-refractivity contribution is 9.10. The van der Waals surface area contributed by atoms with Crippen molar-refractivity contribution in [3.05, 3.63) is 22.8 Å². The summed E-state index contributed by atoms with van der Waals surface area (Å²) < 4.78 is 2.93. The average molecular weight is 296 g/mol. The van der Waals surface area contributed by atoms with Gasteiger partial charge in [0.15, 0.2) is 5.82 Å². The highest BCUT2D eigenvalue weighted by Crippen LogP contribution is 2.25. The number of hydrogen-bond donors (Lipinski definition) is 1. The van der Waals surface area contributed by atoms with E-state index < -0.39 is 0 Å². The van der Waals surface area contributed by atoms with Crippen LogP contribution in [0.1, 0.15) is 13.8 Å². The molecule has 90 valence electrons.